The third kappa shape index (κ3) is 10.9. The van der Waals surface area contributed by atoms with Gasteiger partial charge in [-0.2, -0.15) is 0 Å². The summed E-state index contributed by atoms with van der Waals surface area (Å²) in [5.41, 5.74) is 0. The fourth-order valence-electron chi connectivity index (χ4n) is 4.63. The highest BCUT2D eigenvalue weighted by Crippen LogP contribution is 2.31. The highest BCUT2D eigenvalue weighted by Gasteiger charge is 2.19. The van der Waals surface area contributed by atoms with Gasteiger partial charge in [0.05, 0.1) is 0 Å². The van der Waals surface area contributed by atoms with Gasteiger partial charge in [0.15, 0.2) is 0 Å². The standard InChI is InChI=1S/2C6H13N.C6H12.C5H11N/c2*1-6-3-4-7(2)5-6;2*1-5-3-6(2)4-5/h2*6H,3-5H2,1-2H3;5-6H,3-4H2,1-2H3;5H,3-4H2,1-2H3. The molecule has 1 saturated carbocycles. The molecule has 3 aliphatic heterocycles. The van der Waals surface area contributed by atoms with Crippen LogP contribution in [0, 0.1) is 29.6 Å². The van der Waals surface area contributed by atoms with Crippen LogP contribution in [0.4, 0.5) is 0 Å². The predicted octanol–water partition coefficient (Wildman–Crippen LogP) is 4.54. The summed E-state index contributed by atoms with van der Waals surface area (Å²) in [7, 11) is 6.52. The van der Waals surface area contributed by atoms with Crippen molar-refractivity contribution < 1.29 is 0 Å². The first-order valence-electron chi connectivity index (χ1n) is 11.2. The molecule has 0 amide bonds. The van der Waals surface area contributed by atoms with Gasteiger partial charge in [0.2, 0.25) is 0 Å². The second-order valence-corrected chi connectivity index (χ2v) is 10.3. The molecule has 0 aromatic rings. The zero-order valence-corrected chi connectivity index (χ0v) is 19.3. The lowest BCUT2D eigenvalue weighted by atomic mass is 9.78. The van der Waals surface area contributed by atoms with Gasteiger partial charge in [-0.3, -0.25) is 0 Å². The monoisotopic (exact) mass is 367 g/mol. The van der Waals surface area contributed by atoms with Crippen molar-refractivity contribution >= 4 is 0 Å². The molecule has 2 unspecified atom stereocenters. The molecular weight excluding hydrogens is 318 g/mol. The Morgan fingerprint density at radius 2 is 0.808 bits per heavy atom. The number of hydrogen-bond acceptors (Lipinski definition) is 3. The molecule has 3 heterocycles. The van der Waals surface area contributed by atoms with E-state index < -0.39 is 0 Å². The summed E-state index contributed by atoms with van der Waals surface area (Å²) < 4.78 is 0. The fraction of sp³-hybridized carbons (Fsp3) is 1.00. The van der Waals surface area contributed by atoms with Crippen molar-refractivity contribution in [1.29, 1.82) is 0 Å². The minimum absolute atomic E-state index is 0.949. The van der Waals surface area contributed by atoms with E-state index in [0.717, 1.165) is 29.6 Å². The Morgan fingerprint density at radius 1 is 0.462 bits per heavy atom. The molecule has 4 rings (SSSR count). The maximum absolute atomic E-state index is 2.38. The van der Waals surface area contributed by atoms with E-state index in [1.54, 1.807) is 0 Å². The van der Waals surface area contributed by atoms with Crippen LogP contribution in [0.25, 0.3) is 0 Å². The molecule has 0 aromatic heterocycles. The third-order valence-corrected chi connectivity index (χ3v) is 6.11. The van der Waals surface area contributed by atoms with Crippen LogP contribution in [0.1, 0.15) is 60.3 Å². The van der Waals surface area contributed by atoms with E-state index >= 15 is 0 Å². The van der Waals surface area contributed by atoms with Gasteiger partial charge in [-0.15, -0.1) is 0 Å². The van der Waals surface area contributed by atoms with E-state index in [-0.39, 0.29) is 0 Å². The first-order chi connectivity index (χ1) is 12.2. The first kappa shape index (κ1) is 23.9. The molecule has 0 N–H and O–H groups in total. The quantitative estimate of drug-likeness (QED) is 0.622. The van der Waals surface area contributed by atoms with Gasteiger partial charge in [-0.25, -0.2) is 0 Å². The zero-order valence-electron chi connectivity index (χ0n) is 19.3. The van der Waals surface area contributed by atoms with E-state index in [1.807, 2.05) is 0 Å². The highest BCUT2D eigenvalue weighted by atomic mass is 15.2. The van der Waals surface area contributed by atoms with Crippen molar-refractivity contribution in [2.75, 3.05) is 60.4 Å². The molecule has 3 nitrogen and oxygen atoms in total. The van der Waals surface area contributed by atoms with E-state index in [2.05, 4.69) is 70.5 Å². The lowest BCUT2D eigenvalue weighted by molar-refractivity contribution is 0.149. The van der Waals surface area contributed by atoms with Crippen molar-refractivity contribution in [3.8, 4) is 0 Å². The number of rotatable bonds is 0. The van der Waals surface area contributed by atoms with Gasteiger partial charge in [-0.1, -0.05) is 34.6 Å². The fourth-order valence-corrected chi connectivity index (χ4v) is 4.63. The molecule has 0 bridgehead atoms. The number of likely N-dealkylation sites (tertiary alicyclic amines) is 3. The average Bonchev–Trinajstić information content (AvgIpc) is 3.06. The number of hydrogen-bond donors (Lipinski definition) is 0. The van der Waals surface area contributed by atoms with Crippen LogP contribution >= 0.6 is 0 Å². The summed E-state index contributed by atoms with van der Waals surface area (Å²) in [5.74, 6) is 4.95. The summed E-state index contributed by atoms with van der Waals surface area (Å²) >= 11 is 0. The molecule has 0 radical (unpaired) electrons. The van der Waals surface area contributed by atoms with Crippen molar-refractivity contribution in [3.05, 3.63) is 0 Å². The third-order valence-electron chi connectivity index (χ3n) is 6.11. The summed E-state index contributed by atoms with van der Waals surface area (Å²) in [6, 6.07) is 0. The van der Waals surface area contributed by atoms with Crippen LogP contribution in [0.2, 0.25) is 0 Å². The van der Waals surface area contributed by atoms with Crippen LogP contribution in [-0.2, 0) is 0 Å². The summed E-state index contributed by atoms with van der Waals surface area (Å²) in [6.45, 7) is 19.4. The molecule has 156 valence electrons. The molecule has 0 aromatic carbocycles. The molecule has 26 heavy (non-hydrogen) atoms. The van der Waals surface area contributed by atoms with Gasteiger partial charge in [0, 0.05) is 26.2 Å². The van der Waals surface area contributed by atoms with Crippen molar-refractivity contribution in [1.82, 2.24) is 14.7 Å². The molecule has 0 spiro atoms. The predicted molar refractivity (Wildman–Crippen MR) is 117 cm³/mol. The molecule has 3 saturated heterocycles. The van der Waals surface area contributed by atoms with Crippen LogP contribution in [0.3, 0.4) is 0 Å². The molecule has 4 aliphatic rings. The Balaban J connectivity index is 0.000000174. The van der Waals surface area contributed by atoms with Gasteiger partial charge >= 0.3 is 0 Å². The van der Waals surface area contributed by atoms with Crippen LogP contribution < -0.4 is 0 Å². The lowest BCUT2D eigenvalue weighted by Gasteiger charge is -2.33. The smallest absolute Gasteiger partial charge is 0.00163 e. The SMILES string of the molecule is CC1CC(C)C1.CC1CCN(C)C1.CC1CCN(C)C1.CC1CN(C)C1. The molecule has 3 heteroatoms. The van der Waals surface area contributed by atoms with E-state index in [0.29, 0.717) is 0 Å². The van der Waals surface area contributed by atoms with Crippen molar-refractivity contribution in [3.63, 3.8) is 0 Å². The zero-order chi connectivity index (χ0) is 19.7. The van der Waals surface area contributed by atoms with Gasteiger partial charge in [-0.05, 0) is 89.5 Å². The molecule has 1 aliphatic carbocycles. The summed E-state index contributed by atoms with van der Waals surface area (Å²) in [4.78, 5) is 7.08. The lowest BCUT2D eigenvalue weighted by Crippen LogP contribution is -2.41. The minimum Gasteiger partial charge on any atom is -0.306 e. The van der Waals surface area contributed by atoms with E-state index in [4.69, 9.17) is 0 Å². The molecule has 4 fully saturated rings. The number of nitrogens with zero attached hydrogens (tertiary/aromatic N) is 3. The van der Waals surface area contributed by atoms with Gasteiger partial charge in [0.1, 0.15) is 0 Å². The van der Waals surface area contributed by atoms with Gasteiger partial charge < -0.3 is 14.7 Å². The van der Waals surface area contributed by atoms with Gasteiger partial charge in [0.25, 0.3) is 0 Å². The Hall–Kier alpha value is -0.120. The second-order valence-electron chi connectivity index (χ2n) is 10.3. The molecule has 2 atom stereocenters. The minimum atomic E-state index is 0.949. The Labute approximate surface area is 165 Å². The first-order valence-corrected chi connectivity index (χ1v) is 11.2. The molecular formula is C23H49N3. The maximum Gasteiger partial charge on any atom is 0.00163 e. The average molecular weight is 368 g/mol. The maximum atomic E-state index is 2.38. The largest absolute Gasteiger partial charge is 0.306 e. The highest BCUT2D eigenvalue weighted by molar-refractivity contribution is 4.72. The Bertz CT molecular complexity index is 285. The van der Waals surface area contributed by atoms with Crippen molar-refractivity contribution in [2.45, 2.75) is 60.3 Å². The Morgan fingerprint density at radius 3 is 0.846 bits per heavy atom. The summed E-state index contributed by atoms with van der Waals surface area (Å²) in [5, 5.41) is 0. The topological polar surface area (TPSA) is 9.72 Å². The van der Waals surface area contributed by atoms with E-state index in [1.165, 1.54) is 65.0 Å². The van der Waals surface area contributed by atoms with Crippen molar-refractivity contribution in [2.24, 2.45) is 29.6 Å². The van der Waals surface area contributed by atoms with Crippen LogP contribution in [-0.4, -0.2) is 75.1 Å². The normalized spacial score (nSPS) is 35.1. The second kappa shape index (κ2) is 12.4. The Kier molecular flexibility index (Phi) is 11.4. The van der Waals surface area contributed by atoms with E-state index in [9.17, 15) is 0 Å². The summed E-state index contributed by atoms with van der Waals surface area (Å²) in [6.07, 6.45) is 5.74. The van der Waals surface area contributed by atoms with Crippen LogP contribution in [0.5, 0.6) is 0 Å². The van der Waals surface area contributed by atoms with Crippen LogP contribution in [0.15, 0.2) is 0 Å².